The van der Waals surface area contributed by atoms with Gasteiger partial charge < -0.3 is 20.4 Å². The highest BCUT2D eigenvalue weighted by Crippen LogP contribution is 2.24. The lowest BCUT2D eigenvalue weighted by molar-refractivity contribution is -0.113. The summed E-state index contributed by atoms with van der Waals surface area (Å²) in [6.07, 6.45) is 7.44. The van der Waals surface area contributed by atoms with Crippen LogP contribution in [-0.2, 0) is 11.3 Å². The number of pyridine rings is 2. The van der Waals surface area contributed by atoms with Gasteiger partial charge in [-0.2, -0.15) is 0 Å². The topological polar surface area (TPSA) is 114 Å². The molecule has 7 nitrogen and oxygen atoms in total. The van der Waals surface area contributed by atoms with Crippen LogP contribution in [-0.4, -0.2) is 31.7 Å². The molecule has 0 radical (unpaired) electrons. The van der Waals surface area contributed by atoms with Gasteiger partial charge in [0.1, 0.15) is 5.65 Å². The molecule has 3 aromatic heterocycles. The van der Waals surface area contributed by atoms with Gasteiger partial charge in [0.25, 0.3) is 5.56 Å². The number of carbonyl (C=O) groups is 1. The highest BCUT2D eigenvalue weighted by Gasteiger charge is 2.08. The minimum atomic E-state index is -0.622. The quantitative estimate of drug-likeness (QED) is 0.608. The van der Waals surface area contributed by atoms with E-state index in [0.717, 1.165) is 22.1 Å². The van der Waals surface area contributed by atoms with Crippen LogP contribution in [0.3, 0.4) is 0 Å². The van der Waals surface area contributed by atoms with Gasteiger partial charge in [-0.1, -0.05) is 0 Å². The first-order chi connectivity index (χ1) is 11.9. The van der Waals surface area contributed by atoms with Crippen molar-refractivity contribution in [2.45, 2.75) is 19.6 Å². The molecule has 3 aromatic rings. The van der Waals surface area contributed by atoms with Crippen molar-refractivity contribution in [1.29, 1.82) is 0 Å². The smallest absolute Gasteiger partial charge is 0.250 e. The van der Waals surface area contributed by atoms with Crippen molar-refractivity contribution in [1.82, 2.24) is 14.5 Å². The summed E-state index contributed by atoms with van der Waals surface area (Å²) >= 11 is 0. The largest absolute Gasteiger partial charge is 0.392 e. The lowest BCUT2D eigenvalue weighted by Gasteiger charge is -2.10. The van der Waals surface area contributed by atoms with Crippen molar-refractivity contribution >= 4 is 23.0 Å². The van der Waals surface area contributed by atoms with E-state index in [9.17, 15) is 14.7 Å². The van der Waals surface area contributed by atoms with Crippen LogP contribution in [0.25, 0.3) is 28.2 Å². The molecule has 0 bridgehead atoms. The second kappa shape index (κ2) is 6.74. The average Bonchev–Trinajstić information content (AvgIpc) is 2.97. The molecule has 25 heavy (non-hydrogen) atoms. The minimum absolute atomic E-state index is 0.176. The minimum Gasteiger partial charge on any atom is -0.392 e. The third kappa shape index (κ3) is 3.67. The summed E-state index contributed by atoms with van der Waals surface area (Å²) in [6.45, 7) is 1.85. The molecule has 1 atom stereocenters. The third-order valence-corrected chi connectivity index (χ3v) is 3.77. The number of nitrogens with one attached hydrogen (secondary N) is 1. The zero-order chi connectivity index (χ0) is 18.0. The van der Waals surface area contributed by atoms with Gasteiger partial charge in [-0.3, -0.25) is 9.59 Å². The Bertz CT molecular complexity index is 1010. The van der Waals surface area contributed by atoms with Gasteiger partial charge >= 0.3 is 0 Å². The predicted octanol–water partition coefficient (Wildman–Crippen LogP) is 1.27. The fourth-order valence-corrected chi connectivity index (χ4v) is 2.62. The molecule has 0 spiro atoms. The molecule has 4 N–H and O–H groups in total. The second-order valence-corrected chi connectivity index (χ2v) is 5.86. The number of primary amides is 1. The Labute approximate surface area is 143 Å². The van der Waals surface area contributed by atoms with Crippen LogP contribution in [0.1, 0.15) is 12.5 Å². The van der Waals surface area contributed by atoms with Crippen LogP contribution >= 0.6 is 0 Å². The molecule has 0 aliphatic heterocycles. The van der Waals surface area contributed by atoms with Crippen molar-refractivity contribution < 1.29 is 9.90 Å². The van der Waals surface area contributed by atoms with E-state index >= 15 is 0 Å². The molecule has 1 amide bonds. The summed E-state index contributed by atoms with van der Waals surface area (Å²) < 4.78 is 1.47. The Balaban J connectivity index is 2.05. The lowest BCUT2D eigenvalue weighted by atomic mass is 10.1. The first-order valence-electron chi connectivity index (χ1n) is 7.77. The predicted molar refractivity (Wildman–Crippen MR) is 95.7 cm³/mol. The molecule has 0 fully saturated rings. The summed E-state index contributed by atoms with van der Waals surface area (Å²) in [5.74, 6) is -0.524. The standard InChI is InChI=1S/C18H18N4O3/c1-11(23)9-22-10-13(3-5-17(22)25)14-6-15-12(2-4-16(19)24)7-20-18(15)21-8-14/h2-8,10-11,23H,9H2,1H3,(H2,19,24)(H,20,21)/t11-/m0/s1. The van der Waals surface area contributed by atoms with E-state index in [1.807, 2.05) is 6.07 Å². The number of rotatable bonds is 5. The van der Waals surface area contributed by atoms with Gasteiger partial charge in [0.05, 0.1) is 12.6 Å². The van der Waals surface area contributed by atoms with Crippen LogP contribution in [0.2, 0.25) is 0 Å². The fraction of sp³-hybridized carbons (Fsp3) is 0.167. The maximum Gasteiger partial charge on any atom is 0.250 e. The first kappa shape index (κ1) is 16.7. The van der Waals surface area contributed by atoms with E-state index in [4.69, 9.17) is 5.73 Å². The van der Waals surface area contributed by atoms with Gasteiger partial charge in [-0.15, -0.1) is 0 Å². The van der Waals surface area contributed by atoms with Gasteiger partial charge in [-0.25, -0.2) is 4.98 Å². The summed E-state index contributed by atoms with van der Waals surface area (Å²) in [5, 5.41) is 10.4. The summed E-state index contributed by atoms with van der Waals surface area (Å²) in [6, 6.07) is 5.11. The maximum absolute atomic E-state index is 11.9. The number of hydrogen-bond acceptors (Lipinski definition) is 4. The van der Waals surface area contributed by atoms with Crippen LogP contribution < -0.4 is 11.3 Å². The summed E-state index contributed by atoms with van der Waals surface area (Å²) in [5.41, 5.74) is 8.07. The number of aliphatic hydroxyl groups is 1. The molecule has 0 unspecified atom stereocenters. The average molecular weight is 338 g/mol. The molecule has 3 rings (SSSR count). The molecular weight excluding hydrogens is 320 g/mol. The normalized spacial score (nSPS) is 12.7. The van der Waals surface area contributed by atoms with E-state index in [-0.39, 0.29) is 12.1 Å². The van der Waals surface area contributed by atoms with Gasteiger partial charge in [0.15, 0.2) is 0 Å². The Morgan fingerprint density at radius 3 is 2.96 bits per heavy atom. The van der Waals surface area contributed by atoms with E-state index in [0.29, 0.717) is 5.65 Å². The molecule has 3 heterocycles. The second-order valence-electron chi connectivity index (χ2n) is 5.86. The maximum atomic E-state index is 11.9. The van der Waals surface area contributed by atoms with E-state index in [2.05, 4.69) is 9.97 Å². The lowest BCUT2D eigenvalue weighted by Crippen LogP contribution is -2.24. The number of aromatic nitrogens is 3. The van der Waals surface area contributed by atoms with Crippen LogP contribution in [0.15, 0.2) is 47.7 Å². The van der Waals surface area contributed by atoms with E-state index in [1.165, 1.54) is 16.7 Å². The van der Waals surface area contributed by atoms with Crippen LogP contribution in [0, 0.1) is 0 Å². The molecule has 0 saturated carbocycles. The van der Waals surface area contributed by atoms with Gasteiger partial charge in [0.2, 0.25) is 5.91 Å². The first-order valence-corrected chi connectivity index (χ1v) is 7.77. The summed E-state index contributed by atoms with van der Waals surface area (Å²) in [7, 11) is 0. The van der Waals surface area contributed by atoms with Crippen molar-refractivity contribution in [2.75, 3.05) is 0 Å². The number of aromatic amines is 1. The van der Waals surface area contributed by atoms with E-state index < -0.39 is 12.0 Å². The molecular formula is C18H18N4O3. The Hall–Kier alpha value is -3.19. The van der Waals surface area contributed by atoms with E-state index in [1.54, 1.807) is 37.7 Å². The molecule has 0 aliphatic carbocycles. The number of fused-ring (bicyclic) bond motifs is 1. The van der Waals surface area contributed by atoms with Gasteiger partial charge in [0, 0.05) is 47.2 Å². The number of nitrogens with two attached hydrogens (primary N) is 1. The Kier molecular flexibility index (Phi) is 4.49. The number of hydrogen-bond donors (Lipinski definition) is 3. The molecule has 128 valence electrons. The molecule has 0 saturated heterocycles. The van der Waals surface area contributed by atoms with Crippen LogP contribution in [0.4, 0.5) is 0 Å². The number of H-pyrrole nitrogens is 1. The number of aliphatic hydroxyl groups excluding tert-OH is 1. The van der Waals surface area contributed by atoms with Crippen molar-refractivity contribution in [3.63, 3.8) is 0 Å². The number of nitrogens with zero attached hydrogens (tertiary/aromatic N) is 2. The van der Waals surface area contributed by atoms with Crippen molar-refractivity contribution in [2.24, 2.45) is 5.73 Å². The fourth-order valence-electron chi connectivity index (χ4n) is 2.62. The Morgan fingerprint density at radius 1 is 1.44 bits per heavy atom. The zero-order valence-corrected chi connectivity index (χ0v) is 13.6. The van der Waals surface area contributed by atoms with Crippen molar-refractivity contribution in [3.8, 4) is 11.1 Å². The molecule has 7 heteroatoms. The third-order valence-electron chi connectivity index (χ3n) is 3.77. The van der Waals surface area contributed by atoms with Crippen LogP contribution in [0.5, 0.6) is 0 Å². The molecule has 0 aromatic carbocycles. The van der Waals surface area contributed by atoms with Crippen molar-refractivity contribution in [3.05, 3.63) is 58.8 Å². The summed E-state index contributed by atoms with van der Waals surface area (Å²) in [4.78, 5) is 30.2. The zero-order valence-electron chi connectivity index (χ0n) is 13.6. The number of amides is 1. The number of carbonyl (C=O) groups excluding carboxylic acids is 1. The highest BCUT2D eigenvalue weighted by molar-refractivity contribution is 5.95. The van der Waals surface area contributed by atoms with Gasteiger partial charge in [-0.05, 0) is 30.7 Å². The molecule has 0 aliphatic rings. The Morgan fingerprint density at radius 2 is 2.24 bits per heavy atom. The monoisotopic (exact) mass is 338 g/mol. The SMILES string of the molecule is C[C@H](O)Cn1cc(-c2cnc3[nH]cc(C=CC(N)=O)c3c2)ccc1=O. The highest BCUT2D eigenvalue weighted by atomic mass is 16.3.